The summed E-state index contributed by atoms with van der Waals surface area (Å²) >= 11 is 1.41. The Kier molecular flexibility index (Phi) is 4.27. The molecule has 2 aromatic heterocycles. The van der Waals surface area contributed by atoms with E-state index in [0.717, 1.165) is 30.3 Å². The maximum Gasteiger partial charge on any atom is 0.134 e. The molecule has 1 N–H and O–H groups in total. The van der Waals surface area contributed by atoms with Crippen molar-refractivity contribution in [2.75, 3.05) is 18.9 Å². The van der Waals surface area contributed by atoms with E-state index in [-0.39, 0.29) is 0 Å². The molecule has 0 amide bonds. The van der Waals surface area contributed by atoms with Gasteiger partial charge in [-0.2, -0.15) is 5.10 Å². The second-order valence-electron chi connectivity index (χ2n) is 4.27. The molecular weight excluding hydrogens is 248 g/mol. The van der Waals surface area contributed by atoms with Crippen LogP contribution >= 0.6 is 11.5 Å². The molecule has 18 heavy (non-hydrogen) atoms. The zero-order valence-electron chi connectivity index (χ0n) is 10.9. The SMILES string of the molecule is CCNc1snnc1CN(C)Cc1cnn(C)c1. The Morgan fingerprint density at radius 1 is 1.44 bits per heavy atom. The second-order valence-corrected chi connectivity index (χ2v) is 5.03. The lowest BCUT2D eigenvalue weighted by molar-refractivity contribution is 0.315. The minimum Gasteiger partial charge on any atom is -0.374 e. The summed E-state index contributed by atoms with van der Waals surface area (Å²) in [6.07, 6.45) is 3.92. The standard InChI is InChI=1S/C11H18N6S/c1-4-12-11-10(14-15-18-11)8-16(2)6-9-5-13-17(3)7-9/h5,7,12H,4,6,8H2,1-3H3. The third kappa shape index (κ3) is 3.27. The fourth-order valence-corrected chi connectivity index (χ4v) is 2.42. The predicted octanol–water partition coefficient (Wildman–Crippen LogP) is 1.34. The molecule has 2 aromatic rings. The van der Waals surface area contributed by atoms with Gasteiger partial charge in [0, 0.05) is 50.0 Å². The van der Waals surface area contributed by atoms with Gasteiger partial charge in [0.25, 0.3) is 0 Å². The Morgan fingerprint density at radius 3 is 2.94 bits per heavy atom. The van der Waals surface area contributed by atoms with E-state index in [2.05, 4.69) is 38.9 Å². The minimum atomic E-state index is 0.785. The highest BCUT2D eigenvalue weighted by Crippen LogP contribution is 2.19. The van der Waals surface area contributed by atoms with Gasteiger partial charge in [-0.25, -0.2) is 0 Å². The molecule has 0 unspecified atom stereocenters. The Labute approximate surface area is 111 Å². The van der Waals surface area contributed by atoms with Crippen molar-refractivity contribution in [1.82, 2.24) is 24.3 Å². The summed E-state index contributed by atoms with van der Waals surface area (Å²) in [5, 5.41) is 12.7. The van der Waals surface area contributed by atoms with Crippen molar-refractivity contribution in [1.29, 1.82) is 0 Å². The normalized spacial score (nSPS) is 11.1. The largest absolute Gasteiger partial charge is 0.374 e. The topological polar surface area (TPSA) is 58.9 Å². The summed E-state index contributed by atoms with van der Waals surface area (Å²) in [4.78, 5) is 2.20. The first-order chi connectivity index (χ1) is 8.69. The summed E-state index contributed by atoms with van der Waals surface area (Å²) in [5.74, 6) is 0. The maximum absolute atomic E-state index is 4.17. The van der Waals surface area contributed by atoms with Crippen molar-refractivity contribution in [3.05, 3.63) is 23.7 Å². The minimum absolute atomic E-state index is 0.785. The highest BCUT2D eigenvalue weighted by Gasteiger charge is 2.10. The van der Waals surface area contributed by atoms with Gasteiger partial charge in [-0.15, -0.1) is 5.10 Å². The molecule has 0 aliphatic heterocycles. The van der Waals surface area contributed by atoms with Crippen LogP contribution in [0.15, 0.2) is 12.4 Å². The molecule has 0 saturated heterocycles. The summed E-state index contributed by atoms with van der Waals surface area (Å²) in [5.41, 5.74) is 2.21. The molecule has 6 nitrogen and oxygen atoms in total. The molecule has 98 valence electrons. The van der Waals surface area contributed by atoms with Crippen LogP contribution in [0.4, 0.5) is 5.00 Å². The lowest BCUT2D eigenvalue weighted by Gasteiger charge is -2.14. The molecule has 2 rings (SSSR count). The summed E-state index contributed by atoms with van der Waals surface area (Å²) < 4.78 is 5.81. The summed E-state index contributed by atoms with van der Waals surface area (Å²) in [7, 11) is 4.00. The van der Waals surface area contributed by atoms with Crippen LogP contribution in [0, 0.1) is 0 Å². The fourth-order valence-electron chi connectivity index (χ4n) is 1.78. The number of nitrogens with one attached hydrogen (secondary N) is 1. The Balaban J connectivity index is 1.94. The smallest absolute Gasteiger partial charge is 0.134 e. The van der Waals surface area contributed by atoms with Gasteiger partial charge in [0.05, 0.1) is 6.20 Å². The first kappa shape index (κ1) is 13.0. The van der Waals surface area contributed by atoms with E-state index in [0.29, 0.717) is 0 Å². The molecule has 0 aliphatic carbocycles. The number of aryl methyl sites for hydroxylation is 1. The molecule has 0 aromatic carbocycles. The van der Waals surface area contributed by atoms with E-state index in [1.54, 1.807) is 0 Å². The lowest BCUT2D eigenvalue weighted by atomic mass is 10.3. The zero-order valence-corrected chi connectivity index (χ0v) is 11.7. The van der Waals surface area contributed by atoms with E-state index in [9.17, 15) is 0 Å². The van der Waals surface area contributed by atoms with E-state index in [1.165, 1.54) is 17.1 Å². The molecule has 0 aliphatic rings. The van der Waals surface area contributed by atoms with E-state index < -0.39 is 0 Å². The Morgan fingerprint density at radius 2 is 2.28 bits per heavy atom. The molecule has 0 radical (unpaired) electrons. The van der Waals surface area contributed by atoms with E-state index in [1.807, 2.05) is 24.1 Å². The zero-order chi connectivity index (χ0) is 13.0. The van der Waals surface area contributed by atoms with Crippen LogP contribution < -0.4 is 5.32 Å². The van der Waals surface area contributed by atoms with Crippen LogP contribution in [-0.2, 0) is 20.1 Å². The van der Waals surface area contributed by atoms with Crippen LogP contribution in [0.3, 0.4) is 0 Å². The van der Waals surface area contributed by atoms with Gasteiger partial charge >= 0.3 is 0 Å². The van der Waals surface area contributed by atoms with E-state index >= 15 is 0 Å². The van der Waals surface area contributed by atoms with Crippen molar-refractivity contribution in [2.24, 2.45) is 7.05 Å². The third-order valence-electron chi connectivity index (χ3n) is 2.52. The van der Waals surface area contributed by atoms with Gasteiger partial charge in [0.1, 0.15) is 10.7 Å². The molecule has 0 bridgehead atoms. The van der Waals surface area contributed by atoms with Crippen molar-refractivity contribution < 1.29 is 0 Å². The first-order valence-corrected chi connectivity index (χ1v) is 6.67. The molecule has 0 atom stereocenters. The van der Waals surface area contributed by atoms with Gasteiger partial charge in [0.2, 0.25) is 0 Å². The molecule has 2 heterocycles. The third-order valence-corrected chi connectivity index (χ3v) is 3.25. The van der Waals surface area contributed by atoms with Crippen molar-refractivity contribution in [3.63, 3.8) is 0 Å². The van der Waals surface area contributed by atoms with Crippen molar-refractivity contribution in [3.8, 4) is 0 Å². The van der Waals surface area contributed by atoms with Gasteiger partial charge in [-0.05, 0) is 14.0 Å². The first-order valence-electron chi connectivity index (χ1n) is 5.90. The predicted molar refractivity (Wildman–Crippen MR) is 72.5 cm³/mol. The molecule has 0 fully saturated rings. The second kappa shape index (κ2) is 5.92. The molecule has 7 heteroatoms. The highest BCUT2D eigenvalue weighted by atomic mass is 32.1. The molecular formula is C11H18N6S. The average molecular weight is 266 g/mol. The van der Waals surface area contributed by atoms with Crippen LogP contribution in [0.1, 0.15) is 18.2 Å². The van der Waals surface area contributed by atoms with Crippen molar-refractivity contribution >= 4 is 16.5 Å². The highest BCUT2D eigenvalue weighted by molar-refractivity contribution is 7.10. The maximum atomic E-state index is 4.17. The van der Waals surface area contributed by atoms with Gasteiger partial charge in [-0.1, -0.05) is 4.49 Å². The molecule has 0 saturated carbocycles. The number of hydrogen-bond acceptors (Lipinski definition) is 6. The van der Waals surface area contributed by atoms with Crippen LogP contribution in [0.2, 0.25) is 0 Å². The number of hydrogen-bond donors (Lipinski definition) is 1. The number of anilines is 1. The fraction of sp³-hybridized carbons (Fsp3) is 0.545. The van der Waals surface area contributed by atoms with Gasteiger partial charge in [0.15, 0.2) is 0 Å². The quantitative estimate of drug-likeness (QED) is 0.855. The van der Waals surface area contributed by atoms with Crippen LogP contribution in [0.5, 0.6) is 0 Å². The molecule has 0 spiro atoms. The Bertz CT molecular complexity index is 491. The Hall–Kier alpha value is -1.47. The summed E-state index contributed by atoms with van der Waals surface area (Å²) in [6.45, 7) is 4.61. The van der Waals surface area contributed by atoms with Gasteiger partial charge < -0.3 is 5.32 Å². The summed E-state index contributed by atoms with van der Waals surface area (Å²) in [6, 6.07) is 0. The number of nitrogens with zero attached hydrogens (tertiary/aromatic N) is 5. The lowest BCUT2D eigenvalue weighted by Crippen LogP contribution is -2.18. The number of aromatic nitrogens is 4. The van der Waals surface area contributed by atoms with Crippen LogP contribution in [0.25, 0.3) is 0 Å². The van der Waals surface area contributed by atoms with E-state index in [4.69, 9.17) is 0 Å². The van der Waals surface area contributed by atoms with Crippen LogP contribution in [-0.4, -0.2) is 37.9 Å². The van der Waals surface area contributed by atoms with Gasteiger partial charge in [-0.3, -0.25) is 9.58 Å². The number of rotatable bonds is 6. The van der Waals surface area contributed by atoms with Crippen molar-refractivity contribution in [2.45, 2.75) is 20.0 Å². The average Bonchev–Trinajstić information content (AvgIpc) is 2.90. The monoisotopic (exact) mass is 266 g/mol.